The predicted molar refractivity (Wildman–Crippen MR) is 89.4 cm³/mol. The molecule has 1 aromatic carbocycles. The van der Waals surface area contributed by atoms with Gasteiger partial charge in [0.2, 0.25) is 0 Å². The molecule has 0 saturated heterocycles. The van der Waals surface area contributed by atoms with E-state index in [1.54, 1.807) is 24.3 Å². The highest BCUT2D eigenvalue weighted by Crippen LogP contribution is 2.11. The molecule has 2 aromatic rings. The third-order valence-electron chi connectivity index (χ3n) is 3.38. The Morgan fingerprint density at radius 1 is 1.12 bits per heavy atom. The first-order valence-electron chi connectivity index (χ1n) is 7.45. The summed E-state index contributed by atoms with van der Waals surface area (Å²) in [5.74, 6) is -1.43. The van der Waals surface area contributed by atoms with Crippen LogP contribution in [0.5, 0.6) is 0 Å². The molecule has 1 heterocycles. The summed E-state index contributed by atoms with van der Waals surface area (Å²) in [7, 11) is 1.40. The van der Waals surface area contributed by atoms with Crippen LogP contribution in [0, 0.1) is 0 Å². The molecule has 1 N–H and O–H groups in total. The van der Waals surface area contributed by atoms with Crippen LogP contribution in [0.2, 0.25) is 0 Å². The summed E-state index contributed by atoms with van der Waals surface area (Å²) in [6, 6.07) is 8.75. The average molecular weight is 343 g/mol. The predicted octanol–water partition coefficient (Wildman–Crippen LogP) is 1.17. The van der Waals surface area contributed by atoms with Gasteiger partial charge in [-0.2, -0.15) is 5.10 Å². The Labute approximate surface area is 143 Å². The van der Waals surface area contributed by atoms with Crippen molar-refractivity contribution in [1.29, 1.82) is 0 Å². The number of carbonyl (C=O) groups is 3. The number of esters is 1. The van der Waals surface area contributed by atoms with Gasteiger partial charge < -0.3 is 10.1 Å². The number of amides is 1. The number of nitrogens with zero attached hydrogens (tertiary/aromatic N) is 2. The van der Waals surface area contributed by atoms with E-state index in [4.69, 9.17) is 4.74 Å². The molecule has 0 aliphatic heterocycles. The van der Waals surface area contributed by atoms with Gasteiger partial charge in [0.1, 0.15) is 0 Å². The number of anilines is 1. The zero-order valence-corrected chi connectivity index (χ0v) is 14.0. The van der Waals surface area contributed by atoms with Crippen molar-refractivity contribution < 1.29 is 19.1 Å². The fourth-order valence-electron chi connectivity index (χ4n) is 1.92. The van der Waals surface area contributed by atoms with Crippen LogP contribution >= 0.6 is 0 Å². The number of Topliss-reactive ketones (excluding diaryl/α,β-unsaturated/α-hetero) is 1. The van der Waals surface area contributed by atoms with Crippen molar-refractivity contribution in [3.05, 3.63) is 58.0 Å². The number of nitrogens with one attached hydrogen (secondary N) is 1. The third-order valence-corrected chi connectivity index (χ3v) is 3.38. The number of hydrogen-bond donors (Lipinski definition) is 1. The summed E-state index contributed by atoms with van der Waals surface area (Å²) < 4.78 is 6.04. The van der Waals surface area contributed by atoms with Crippen LogP contribution in [0.15, 0.2) is 41.2 Å². The van der Waals surface area contributed by atoms with Crippen molar-refractivity contribution in [3.63, 3.8) is 0 Å². The first-order valence-corrected chi connectivity index (χ1v) is 7.45. The molecule has 8 nitrogen and oxygen atoms in total. The number of benzene rings is 1. The fourth-order valence-corrected chi connectivity index (χ4v) is 1.92. The van der Waals surface area contributed by atoms with Crippen molar-refractivity contribution in [3.8, 4) is 0 Å². The second kappa shape index (κ2) is 7.52. The second-order valence-corrected chi connectivity index (χ2v) is 5.35. The highest BCUT2D eigenvalue weighted by Gasteiger charge is 2.20. The van der Waals surface area contributed by atoms with E-state index in [1.807, 2.05) is 0 Å². The molecule has 1 atom stereocenters. The minimum absolute atomic E-state index is 0.0763. The lowest BCUT2D eigenvalue weighted by atomic mass is 10.1. The Morgan fingerprint density at radius 2 is 1.76 bits per heavy atom. The molecule has 8 heteroatoms. The maximum atomic E-state index is 12.1. The second-order valence-electron chi connectivity index (χ2n) is 5.35. The molecule has 0 saturated carbocycles. The molecule has 1 aromatic heterocycles. The van der Waals surface area contributed by atoms with Gasteiger partial charge in [-0.3, -0.25) is 14.4 Å². The van der Waals surface area contributed by atoms with Gasteiger partial charge >= 0.3 is 5.97 Å². The molecule has 0 bridgehead atoms. The summed E-state index contributed by atoms with van der Waals surface area (Å²) in [5.41, 5.74) is 0.556. The number of rotatable bonds is 5. The van der Waals surface area contributed by atoms with Gasteiger partial charge in [-0.05, 0) is 44.2 Å². The molecule has 0 aliphatic carbocycles. The zero-order valence-electron chi connectivity index (χ0n) is 14.0. The quantitative estimate of drug-likeness (QED) is 0.645. The van der Waals surface area contributed by atoms with E-state index in [9.17, 15) is 19.2 Å². The van der Waals surface area contributed by atoms with Crippen molar-refractivity contribution in [1.82, 2.24) is 9.78 Å². The molecule has 0 aliphatic rings. The van der Waals surface area contributed by atoms with Crippen molar-refractivity contribution in [2.75, 3.05) is 5.32 Å². The minimum atomic E-state index is -1.07. The van der Waals surface area contributed by atoms with Crippen LogP contribution in [0.3, 0.4) is 0 Å². The molecular weight excluding hydrogens is 326 g/mol. The van der Waals surface area contributed by atoms with Crippen molar-refractivity contribution in [2.24, 2.45) is 7.05 Å². The number of carbonyl (C=O) groups excluding carboxylic acids is 3. The molecule has 0 spiro atoms. The topological polar surface area (TPSA) is 107 Å². The zero-order chi connectivity index (χ0) is 18.6. The molecule has 2 rings (SSSR count). The normalized spacial score (nSPS) is 11.5. The van der Waals surface area contributed by atoms with Gasteiger partial charge in [-0.25, -0.2) is 9.48 Å². The van der Waals surface area contributed by atoms with E-state index in [2.05, 4.69) is 10.4 Å². The van der Waals surface area contributed by atoms with Gasteiger partial charge in [0.15, 0.2) is 17.6 Å². The highest BCUT2D eigenvalue weighted by atomic mass is 16.5. The Bertz CT molecular complexity index is 871. The van der Waals surface area contributed by atoms with Crippen molar-refractivity contribution in [2.45, 2.75) is 20.0 Å². The number of ether oxygens (including phenoxy) is 1. The van der Waals surface area contributed by atoms with Crippen LogP contribution in [0.25, 0.3) is 0 Å². The Kier molecular flexibility index (Phi) is 5.43. The van der Waals surface area contributed by atoms with Crippen molar-refractivity contribution >= 4 is 23.3 Å². The van der Waals surface area contributed by atoms with Gasteiger partial charge in [0.25, 0.3) is 11.5 Å². The summed E-state index contributed by atoms with van der Waals surface area (Å²) >= 11 is 0. The van der Waals surface area contributed by atoms with E-state index in [1.165, 1.54) is 33.0 Å². The van der Waals surface area contributed by atoms with Crippen LogP contribution in [0.4, 0.5) is 5.69 Å². The van der Waals surface area contributed by atoms with E-state index in [-0.39, 0.29) is 17.0 Å². The minimum Gasteiger partial charge on any atom is -0.448 e. The summed E-state index contributed by atoms with van der Waals surface area (Å²) in [5, 5.41) is 6.34. The van der Waals surface area contributed by atoms with Gasteiger partial charge in [-0.1, -0.05) is 0 Å². The summed E-state index contributed by atoms with van der Waals surface area (Å²) in [4.78, 5) is 46.5. The van der Waals surface area contributed by atoms with Crippen LogP contribution < -0.4 is 10.9 Å². The van der Waals surface area contributed by atoms with Gasteiger partial charge in [0, 0.05) is 24.4 Å². The average Bonchev–Trinajstić information content (AvgIpc) is 2.57. The molecule has 0 radical (unpaired) electrons. The number of aryl methyl sites for hydroxylation is 1. The molecular formula is C17H17N3O5. The molecule has 1 unspecified atom stereocenters. The number of aromatic nitrogens is 2. The van der Waals surface area contributed by atoms with Crippen LogP contribution in [-0.2, 0) is 16.6 Å². The highest BCUT2D eigenvalue weighted by molar-refractivity contribution is 5.98. The number of hydrogen-bond acceptors (Lipinski definition) is 6. The third kappa shape index (κ3) is 4.60. The Hall–Kier alpha value is -3.29. The Balaban J connectivity index is 1.99. The fraction of sp³-hybridized carbons (Fsp3) is 0.235. The molecule has 25 heavy (non-hydrogen) atoms. The van der Waals surface area contributed by atoms with E-state index in [0.29, 0.717) is 11.3 Å². The number of ketones is 1. The van der Waals surface area contributed by atoms with E-state index >= 15 is 0 Å². The SMILES string of the molecule is CC(=O)c1ccc(NC(=O)C(C)OC(=O)c2ccc(=O)n(C)n2)cc1. The standard InChI is InChI=1S/C17H17N3O5/c1-10(21)12-4-6-13(7-5-12)18-16(23)11(2)25-17(24)14-8-9-15(22)20(3)19-14/h4-9,11H,1-3H3,(H,18,23). The van der Waals surface area contributed by atoms with Gasteiger partial charge in [0.05, 0.1) is 0 Å². The van der Waals surface area contributed by atoms with E-state index < -0.39 is 18.0 Å². The molecule has 0 fully saturated rings. The first kappa shape index (κ1) is 18.1. The largest absolute Gasteiger partial charge is 0.448 e. The molecule has 1 amide bonds. The summed E-state index contributed by atoms with van der Waals surface area (Å²) in [6.07, 6.45) is -1.07. The molecule has 130 valence electrons. The smallest absolute Gasteiger partial charge is 0.359 e. The van der Waals surface area contributed by atoms with Crippen LogP contribution in [0.1, 0.15) is 34.7 Å². The first-order chi connectivity index (χ1) is 11.8. The lowest BCUT2D eigenvalue weighted by molar-refractivity contribution is -0.123. The van der Waals surface area contributed by atoms with Gasteiger partial charge in [-0.15, -0.1) is 0 Å². The lowest BCUT2D eigenvalue weighted by Crippen LogP contribution is -2.31. The van der Waals surface area contributed by atoms with Crippen LogP contribution in [-0.4, -0.2) is 33.5 Å². The summed E-state index contributed by atoms with van der Waals surface area (Å²) in [6.45, 7) is 2.86. The van der Waals surface area contributed by atoms with E-state index in [0.717, 1.165) is 4.68 Å². The Morgan fingerprint density at radius 3 is 2.32 bits per heavy atom. The maximum Gasteiger partial charge on any atom is 0.359 e. The maximum absolute atomic E-state index is 12.1. The lowest BCUT2D eigenvalue weighted by Gasteiger charge is -2.13. The monoisotopic (exact) mass is 343 g/mol.